The minimum atomic E-state index is -1.44. The van der Waals surface area contributed by atoms with Crippen molar-refractivity contribution in [2.75, 3.05) is 0 Å². The molecular weight excluding hydrogens is 362 g/mol. The molecule has 0 radical (unpaired) electrons. The number of carbonyl (C=O) groups is 1. The van der Waals surface area contributed by atoms with E-state index in [1.165, 1.54) is 89.9 Å². The fourth-order valence-corrected chi connectivity index (χ4v) is 2.57. The summed E-state index contributed by atoms with van der Waals surface area (Å²) in [6.07, 6.45) is 21.9. The van der Waals surface area contributed by atoms with Crippen LogP contribution in [0.5, 0.6) is 0 Å². The van der Waals surface area contributed by atoms with Gasteiger partial charge in [0.2, 0.25) is 0 Å². The molecule has 0 aromatic heterocycles. The summed E-state index contributed by atoms with van der Waals surface area (Å²) in [7, 11) is 0. The van der Waals surface area contributed by atoms with Gasteiger partial charge in [0.15, 0.2) is 0 Å². The molecule has 0 spiro atoms. The first-order valence-electron chi connectivity index (χ1n) is 10.3. The average molecular weight is 403 g/mol. The fourth-order valence-electron chi connectivity index (χ4n) is 2.57. The van der Waals surface area contributed by atoms with Crippen LogP contribution in [0.1, 0.15) is 117 Å². The van der Waals surface area contributed by atoms with Crippen molar-refractivity contribution in [3.63, 3.8) is 0 Å². The zero-order valence-electron chi connectivity index (χ0n) is 18.6. The minimum absolute atomic E-state index is 0. The van der Waals surface area contributed by atoms with Crippen molar-refractivity contribution in [2.45, 2.75) is 123 Å². The van der Waals surface area contributed by atoms with E-state index in [1.54, 1.807) is 0 Å². The Labute approximate surface area is 212 Å². The Kier molecular flexibility index (Phi) is 41.8. The smallest absolute Gasteiger partial charge is 0.547 e. The maximum atomic E-state index is 10.0. The Morgan fingerprint density at radius 3 is 1.26 bits per heavy atom. The Morgan fingerprint density at radius 1 is 0.778 bits per heavy atom. The number of unbranched alkanes of at least 4 members (excludes halogenated alkanes) is 15. The van der Waals surface area contributed by atoms with Gasteiger partial charge in [-0.3, -0.25) is 6.29 Å². The van der Waals surface area contributed by atoms with E-state index in [4.69, 9.17) is 5.11 Å². The summed E-state index contributed by atoms with van der Waals surface area (Å²) in [5, 5.41) is 17.3. The van der Waals surface area contributed by atoms with E-state index in [9.17, 15) is 14.7 Å². The number of hydrogen-bond acceptors (Lipinski definition) is 4. The number of hydrogen-bond donors (Lipinski definition) is 1. The van der Waals surface area contributed by atoms with Crippen molar-refractivity contribution in [2.24, 2.45) is 0 Å². The van der Waals surface area contributed by atoms with Gasteiger partial charge in [0.1, 0.15) is 0 Å². The predicted octanol–water partition coefficient (Wildman–Crippen LogP) is -1.52. The van der Waals surface area contributed by atoms with Gasteiger partial charge in [0.25, 0.3) is 0 Å². The molecular formula is C21H40Na2O4. The van der Waals surface area contributed by atoms with E-state index in [-0.39, 0.29) is 59.1 Å². The Balaban J connectivity index is -0.000000286. The summed E-state index contributed by atoms with van der Waals surface area (Å²) in [6, 6.07) is 0. The van der Waals surface area contributed by atoms with E-state index in [1.807, 2.05) is 6.29 Å². The second-order valence-electron chi connectivity index (χ2n) is 6.84. The number of carbonyl (C=O) groups excluding carboxylic acids is 2. The largest absolute Gasteiger partial charge is 1.00 e. The molecule has 27 heavy (non-hydrogen) atoms. The van der Waals surface area contributed by atoms with Gasteiger partial charge >= 0.3 is 59.1 Å². The zero-order valence-corrected chi connectivity index (χ0v) is 22.6. The SMILES string of the molecule is CC(O)C(=O)[O-].CCCCCCCCCCCCCCCCC[C-]=O.[Na+].[Na+]. The van der Waals surface area contributed by atoms with Crippen LogP contribution in [-0.2, 0) is 9.59 Å². The van der Waals surface area contributed by atoms with Crippen LogP contribution >= 0.6 is 0 Å². The maximum absolute atomic E-state index is 10.0. The van der Waals surface area contributed by atoms with Crippen molar-refractivity contribution < 1.29 is 78.9 Å². The molecule has 0 amide bonds. The molecule has 0 aliphatic rings. The van der Waals surface area contributed by atoms with Gasteiger partial charge in [0, 0.05) is 0 Å². The summed E-state index contributed by atoms with van der Waals surface area (Å²) in [5.74, 6) is -1.44. The zero-order chi connectivity index (χ0) is 19.2. The standard InChI is InChI=1S/C18H35O.C3H6O3.2Na/c1-2-3-4-5-6-7-8-9-10-11-12-13-14-15-16-17-18-19;1-2(4)3(5)6;;/h2-17H2,1H3;2,4H,1H3,(H,5,6);;/q-1;;2*+1/p-1. The van der Waals surface area contributed by atoms with E-state index in [0.717, 1.165) is 13.3 Å². The first-order chi connectivity index (χ1) is 12.1. The minimum Gasteiger partial charge on any atom is -0.547 e. The molecule has 4 nitrogen and oxygen atoms in total. The van der Waals surface area contributed by atoms with Gasteiger partial charge in [0.05, 0.1) is 12.1 Å². The van der Waals surface area contributed by atoms with Crippen LogP contribution < -0.4 is 64.2 Å². The molecule has 0 aliphatic heterocycles. The number of aliphatic hydroxyl groups is 1. The predicted molar refractivity (Wildman–Crippen MR) is 102 cm³/mol. The van der Waals surface area contributed by atoms with E-state index >= 15 is 0 Å². The van der Waals surface area contributed by atoms with Gasteiger partial charge in [-0.05, 0) is 6.92 Å². The maximum Gasteiger partial charge on any atom is 1.00 e. The Morgan fingerprint density at radius 2 is 1.04 bits per heavy atom. The number of aliphatic hydroxyl groups excluding tert-OH is 1. The third-order valence-electron chi connectivity index (χ3n) is 4.22. The van der Waals surface area contributed by atoms with E-state index < -0.39 is 12.1 Å². The third kappa shape index (κ3) is 38.3. The molecule has 1 unspecified atom stereocenters. The van der Waals surface area contributed by atoms with Crippen molar-refractivity contribution in [1.29, 1.82) is 0 Å². The van der Waals surface area contributed by atoms with Gasteiger partial charge in [-0.2, -0.15) is 6.42 Å². The molecule has 6 heteroatoms. The molecule has 150 valence electrons. The number of carboxylic acids is 1. The average Bonchev–Trinajstić information content (AvgIpc) is 2.59. The van der Waals surface area contributed by atoms with Gasteiger partial charge < -0.3 is 19.8 Å². The van der Waals surface area contributed by atoms with Crippen LogP contribution in [0.25, 0.3) is 0 Å². The number of carboxylic acid groups (broad SMARTS) is 1. The van der Waals surface area contributed by atoms with Gasteiger partial charge in [-0.15, -0.1) is 0 Å². The van der Waals surface area contributed by atoms with Crippen LogP contribution in [0.2, 0.25) is 0 Å². The normalized spacial score (nSPS) is 10.6. The van der Waals surface area contributed by atoms with E-state index in [0.29, 0.717) is 6.42 Å². The Hall–Kier alpha value is 1.10. The fraction of sp³-hybridized carbons (Fsp3) is 0.905. The molecule has 1 N–H and O–H groups in total. The molecule has 0 saturated carbocycles. The Bertz CT molecular complexity index is 287. The topological polar surface area (TPSA) is 77.4 Å². The van der Waals surface area contributed by atoms with Crippen LogP contribution in [0.3, 0.4) is 0 Å². The van der Waals surface area contributed by atoms with Crippen LogP contribution in [0, 0.1) is 0 Å². The van der Waals surface area contributed by atoms with Crippen molar-refractivity contribution >= 4 is 12.3 Å². The monoisotopic (exact) mass is 402 g/mol. The van der Waals surface area contributed by atoms with Crippen LogP contribution in [0.15, 0.2) is 0 Å². The molecule has 0 aromatic rings. The number of rotatable bonds is 17. The second kappa shape index (κ2) is 31.8. The molecule has 0 heterocycles. The van der Waals surface area contributed by atoms with Gasteiger partial charge in [-0.1, -0.05) is 103 Å². The molecule has 0 rings (SSSR count). The molecule has 0 bridgehead atoms. The second-order valence-corrected chi connectivity index (χ2v) is 6.84. The van der Waals surface area contributed by atoms with Crippen molar-refractivity contribution in [3.05, 3.63) is 0 Å². The summed E-state index contributed by atoms with van der Waals surface area (Å²) in [6.45, 7) is 3.41. The first-order valence-corrected chi connectivity index (χ1v) is 10.3. The summed E-state index contributed by atoms with van der Waals surface area (Å²) in [4.78, 5) is 19.4. The molecule has 0 aromatic carbocycles. The van der Waals surface area contributed by atoms with Crippen molar-refractivity contribution in [1.82, 2.24) is 0 Å². The summed E-state index contributed by atoms with van der Waals surface area (Å²) in [5.41, 5.74) is 0. The van der Waals surface area contributed by atoms with E-state index in [2.05, 4.69) is 6.92 Å². The van der Waals surface area contributed by atoms with Crippen molar-refractivity contribution in [3.8, 4) is 0 Å². The number of aliphatic carboxylic acids is 1. The summed E-state index contributed by atoms with van der Waals surface area (Å²) < 4.78 is 0. The quantitative estimate of drug-likeness (QED) is 0.182. The summed E-state index contributed by atoms with van der Waals surface area (Å²) >= 11 is 0. The first kappa shape index (κ1) is 35.5. The van der Waals surface area contributed by atoms with Gasteiger partial charge in [-0.25, -0.2) is 0 Å². The molecule has 0 fully saturated rings. The third-order valence-corrected chi connectivity index (χ3v) is 4.22. The molecule has 1 atom stereocenters. The van der Waals surface area contributed by atoms with Crippen LogP contribution in [0.4, 0.5) is 0 Å². The molecule has 0 saturated heterocycles. The molecule has 0 aliphatic carbocycles. The van der Waals surface area contributed by atoms with Crippen LogP contribution in [-0.4, -0.2) is 23.5 Å².